The standard InChI is InChI=1S/C27H21F5N2O4S/c1-12(35)16-9-34-19(10-33(13(2)27(30,31)32)26(38)22(34)24(37)23(16)36)21-15-6-4-8-18(29)25(15)39-11-14-5-3-7-17(28)20(14)21/h3-9,13,19,21,37H,10-11H2,1-2H3/t13-,19?,21+/m1/s1. The molecule has 0 radical (unpaired) electrons. The highest BCUT2D eigenvalue weighted by Gasteiger charge is 2.49. The summed E-state index contributed by atoms with van der Waals surface area (Å²) in [7, 11) is 0. The van der Waals surface area contributed by atoms with Crippen molar-refractivity contribution in [2.45, 2.75) is 48.7 Å². The molecule has 0 aliphatic carbocycles. The summed E-state index contributed by atoms with van der Waals surface area (Å²) in [6, 6.07) is 4.79. The van der Waals surface area contributed by atoms with Gasteiger partial charge in [-0.05, 0) is 37.1 Å². The summed E-state index contributed by atoms with van der Waals surface area (Å²) in [5.74, 6) is -5.52. The van der Waals surface area contributed by atoms with Crippen LogP contribution in [0.15, 0.2) is 52.3 Å². The van der Waals surface area contributed by atoms with Gasteiger partial charge < -0.3 is 14.6 Å². The number of hydrogen-bond acceptors (Lipinski definition) is 5. The summed E-state index contributed by atoms with van der Waals surface area (Å²) in [5.41, 5.74) is -1.66. The molecule has 2 aromatic carbocycles. The molecule has 2 aliphatic heterocycles. The molecule has 1 unspecified atom stereocenters. The summed E-state index contributed by atoms with van der Waals surface area (Å²) >= 11 is 1.10. The number of fused-ring (bicyclic) bond motifs is 3. The van der Waals surface area contributed by atoms with Crippen LogP contribution >= 0.6 is 11.8 Å². The van der Waals surface area contributed by atoms with Crippen molar-refractivity contribution in [2.75, 3.05) is 6.54 Å². The van der Waals surface area contributed by atoms with Gasteiger partial charge in [-0.3, -0.25) is 14.4 Å². The van der Waals surface area contributed by atoms with Crippen molar-refractivity contribution in [3.05, 3.63) is 92.4 Å². The van der Waals surface area contributed by atoms with Crippen LogP contribution in [0.4, 0.5) is 22.0 Å². The first-order valence-electron chi connectivity index (χ1n) is 11.9. The SMILES string of the molecule is CC(=O)c1cn2c(c(O)c1=O)C(=O)N([C@H](C)C(F)(F)F)CC2[C@@H]1c2cccc(F)c2SCc2cccc(F)c21. The zero-order valence-corrected chi connectivity index (χ0v) is 21.4. The number of alkyl halides is 3. The van der Waals surface area contributed by atoms with E-state index in [2.05, 4.69) is 0 Å². The number of carbonyl (C=O) groups is 2. The molecule has 1 aromatic heterocycles. The largest absolute Gasteiger partial charge is 0.503 e. The van der Waals surface area contributed by atoms with E-state index < -0.39 is 76.5 Å². The number of ketones is 1. The van der Waals surface area contributed by atoms with E-state index in [1.165, 1.54) is 30.3 Å². The third-order valence-corrected chi connectivity index (χ3v) is 8.45. The second kappa shape index (κ2) is 9.51. The van der Waals surface area contributed by atoms with Crippen LogP contribution in [-0.2, 0) is 5.75 Å². The lowest BCUT2D eigenvalue weighted by molar-refractivity contribution is -0.174. The highest BCUT2D eigenvalue weighted by atomic mass is 32.2. The lowest BCUT2D eigenvalue weighted by Gasteiger charge is -2.43. The molecular formula is C27H21F5N2O4S. The maximum Gasteiger partial charge on any atom is 0.408 e. The van der Waals surface area contributed by atoms with Crippen molar-refractivity contribution in [3.63, 3.8) is 0 Å². The fraction of sp³-hybridized carbons (Fsp3) is 0.296. The van der Waals surface area contributed by atoms with Crippen molar-refractivity contribution in [1.82, 2.24) is 9.47 Å². The van der Waals surface area contributed by atoms with Crippen molar-refractivity contribution in [2.24, 2.45) is 0 Å². The van der Waals surface area contributed by atoms with E-state index in [9.17, 15) is 32.7 Å². The first kappa shape index (κ1) is 26.9. The van der Waals surface area contributed by atoms with Crippen LogP contribution in [0.25, 0.3) is 0 Å². The molecule has 0 fully saturated rings. The molecule has 39 heavy (non-hydrogen) atoms. The van der Waals surface area contributed by atoms with E-state index in [-0.39, 0.29) is 21.8 Å². The quantitative estimate of drug-likeness (QED) is 0.340. The number of rotatable bonds is 3. The average molecular weight is 565 g/mol. The van der Waals surface area contributed by atoms with Gasteiger partial charge in [0.05, 0.1) is 11.6 Å². The maximum absolute atomic E-state index is 15.6. The number of amides is 1. The Hall–Kier alpha value is -3.67. The first-order valence-corrected chi connectivity index (χ1v) is 12.9. The number of halogens is 5. The number of aromatic hydroxyl groups is 1. The molecule has 0 saturated heterocycles. The lowest BCUT2D eigenvalue weighted by Crippen LogP contribution is -2.54. The van der Waals surface area contributed by atoms with Crippen molar-refractivity contribution < 1.29 is 36.6 Å². The zero-order valence-electron chi connectivity index (χ0n) is 20.6. The normalized spacial score (nSPS) is 19.6. The molecule has 3 atom stereocenters. The molecule has 12 heteroatoms. The predicted octanol–water partition coefficient (Wildman–Crippen LogP) is 5.42. The second-order valence-corrected chi connectivity index (χ2v) is 10.5. The number of nitrogens with zero attached hydrogens (tertiary/aromatic N) is 2. The molecular weight excluding hydrogens is 543 g/mol. The van der Waals surface area contributed by atoms with Crippen molar-refractivity contribution >= 4 is 23.5 Å². The number of aromatic nitrogens is 1. The fourth-order valence-corrected chi connectivity index (χ4v) is 6.43. The van der Waals surface area contributed by atoms with Gasteiger partial charge >= 0.3 is 6.18 Å². The predicted molar refractivity (Wildman–Crippen MR) is 132 cm³/mol. The smallest absolute Gasteiger partial charge is 0.408 e. The Balaban J connectivity index is 1.87. The topological polar surface area (TPSA) is 79.6 Å². The van der Waals surface area contributed by atoms with Crippen LogP contribution in [0.3, 0.4) is 0 Å². The molecule has 3 heterocycles. The molecule has 0 spiro atoms. The van der Waals surface area contributed by atoms with Crippen LogP contribution in [0.1, 0.15) is 63.3 Å². The molecule has 1 amide bonds. The van der Waals surface area contributed by atoms with E-state index >= 15 is 8.78 Å². The van der Waals surface area contributed by atoms with Gasteiger partial charge in [-0.1, -0.05) is 24.3 Å². The van der Waals surface area contributed by atoms with Gasteiger partial charge in [0.25, 0.3) is 5.91 Å². The average Bonchev–Trinajstić information content (AvgIpc) is 3.03. The van der Waals surface area contributed by atoms with E-state index in [1.807, 2.05) is 0 Å². The molecule has 6 nitrogen and oxygen atoms in total. The lowest BCUT2D eigenvalue weighted by atomic mass is 9.80. The Labute approximate surface area is 223 Å². The molecule has 204 valence electrons. The highest BCUT2D eigenvalue weighted by molar-refractivity contribution is 7.98. The van der Waals surface area contributed by atoms with Gasteiger partial charge in [0.15, 0.2) is 17.2 Å². The van der Waals surface area contributed by atoms with E-state index in [4.69, 9.17) is 0 Å². The van der Waals surface area contributed by atoms with Crippen molar-refractivity contribution in [1.29, 1.82) is 0 Å². The van der Waals surface area contributed by atoms with E-state index in [1.54, 1.807) is 6.07 Å². The zero-order chi connectivity index (χ0) is 28.4. The maximum atomic E-state index is 15.6. The van der Waals surface area contributed by atoms with Crippen LogP contribution in [0.5, 0.6) is 5.75 Å². The van der Waals surface area contributed by atoms with Gasteiger partial charge in [-0.2, -0.15) is 13.2 Å². The summed E-state index contributed by atoms with van der Waals surface area (Å²) in [6.07, 6.45) is -3.86. The highest BCUT2D eigenvalue weighted by Crippen LogP contribution is 2.49. The Morgan fingerprint density at radius 1 is 1.10 bits per heavy atom. The molecule has 0 saturated carbocycles. The molecule has 2 aliphatic rings. The van der Waals surface area contributed by atoms with Crippen LogP contribution in [-0.4, -0.2) is 45.0 Å². The Morgan fingerprint density at radius 3 is 2.44 bits per heavy atom. The Bertz CT molecular complexity index is 1590. The first-order chi connectivity index (χ1) is 18.3. The number of Topliss-reactive ketones (excluding diaryl/α,β-unsaturated/α-hetero) is 1. The molecule has 5 rings (SSSR count). The van der Waals surface area contributed by atoms with Crippen LogP contribution in [0.2, 0.25) is 0 Å². The number of thioether (sulfide) groups is 1. The second-order valence-electron chi connectivity index (χ2n) is 9.51. The molecule has 1 N–H and O–H groups in total. The number of benzene rings is 2. The molecule has 0 bridgehead atoms. The van der Waals surface area contributed by atoms with Gasteiger partial charge in [0.2, 0.25) is 5.43 Å². The summed E-state index contributed by atoms with van der Waals surface area (Å²) in [5, 5.41) is 10.8. The molecule has 3 aromatic rings. The van der Waals surface area contributed by atoms with Crippen molar-refractivity contribution in [3.8, 4) is 5.75 Å². The van der Waals surface area contributed by atoms with E-state index in [0.717, 1.165) is 36.4 Å². The van der Waals surface area contributed by atoms with Gasteiger partial charge in [0.1, 0.15) is 17.7 Å². The monoisotopic (exact) mass is 564 g/mol. The number of hydrogen-bond donors (Lipinski definition) is 1. The number of pyridine rings is 1. The summed E-state index contributed by atoms with van der Waals surface area (Å²) in [4.78, 5) is 39.0. The fourth-order valence-electron chi connectivity index (χ4n) is 5.31. The van der Waals surface area contributed by atoms with Gasteiger partial charge in [-0.25, -0.2) is 8.78 Å². The minimum atomic E-state index is -4.87. The number of carbonyl (C=O) groups excluding carboxylic acids is 2. The third-order valence-electron chi connectivity index (χ3n) is 7.28. The minimum Gasteiger partial charge on any atom is -0.503 e. The van der Waals surface area contributed by atoms with Gasteiger partial charge in [0, 0.05) is 34.9 Å². The Morgan fingerprint density at radius 2 is 1.77 bits per heavy atom. The van der Waals surface area contributed by atoms with Gasteiger partial charge in [-0.15, -0.1) is 11.8 Å². The van der Waals surface area contributed by atoms with Crippen LogP contribution in [0, 0.1) is 11.6 Å². The third kappa shape index (κ3) is 4.30. The summed E-state index contributed by atoms with van der Waals surface area (Å²) < 4.78 is 73.3. The van der Waals surface area contributed by atoms with E-state index in [0.29, 0.717) is 10.5 Å². The minimum absolute atomic E-state index is 0.0850. The van der Waals surface area contributed by atoms with Crippen LogP contribution < -0.4 is 5.43 Å². The summed E-state index contributed by atoms with van der Waals surface area (Å²) in [6.45, 7) is 1.18. The Kier molecular flexibility index (Phi) is 6.56.